The molecule has 0 radical (unpaired) electrons. The van der Waals surface area contributed by atoms with Crippen LogP contribution in [-0.4, -0.2) is 30.5 Å². The van der Waals surface area contributed by atoms with Crippen LogP contribution in [0.25, 0.3) is 0 Å². The summed E-state index contributed by atoms with van der Waals surface area (Å²) in [5.74, 6) is 0.633. The molecule has 1 aromatic rings. The second-order valence-corrected chi connectivity index (χ2v) is 6.91. The molecule has 114 valence electrons. The molecule has 4 unspecified atom stereocenters. The minimum atomic E-state index is -0.425. The van der Waals surface area contributed by atoms with Crippen LogP contribution in [0.1, 0.15) is 50.4 Å². The number of thiophene rings is 1. The number of aliphatic hydroxyl groups excluding tert-OH is 1. The maximum absolute atomic E-state index is 10.0. The Balaban J connectivity index is 1.63. The highest BCUT2D eigenvalue weighted by Crippen LogP contribution is 2.26. The molecule has 1 aromatic heterocycles. The van der Waals surface area contributed by atoms with Gasteiger partial charge in [-0.05, 0) is 37.1 Å². The quantitative estimate of drug-likeness (QED) is 0.811. The van der Waals surface area contributed by atoms with Crippen LogP contribution in [0.5, 0.6) is 0 Å². The summed E-state index contributed by atoms with van der Waals surface area (Å²) in [7, 11) is 0. The Morgan fingerprint density at radius 1 is 1.45 bits per heavy atom. The van der Waals surface area contributed by atoms with Crippen molar-refractivity contribution in [1.29, 1.82) is 0 Å². The lowest BCUT2D eigenvalue weighted by Crippen LogP contribution is -2.35. The van der Waals surface area contributed by atoms with Gasteiger partial charge in [-0.15, -0.1) is 11.3 Å². The van der Waals surface area contributed by atoms with Crippen molar-refractivity contribution < 1.29 is 9.84 Å². The Morgan fingerprint density at radius 3 is 2.95 bits per heavy atom. The molecule has 0 aromatic carbocycles. The van der Waals surface area contributed by atoms with Gasteiger partial charge in [0, 0.05) is 17.5 Å². The van der Waals surface area contributed by atoms with Crippen LogP contribution in [0.15, 0.2) is 17.5 Å². The molecule has 3 nitrogen and oxygen atoms in total. The lowest BCUT2D eigenvalue weighted by Gasteiger charge is -2.29. The molecule has 1 heterocycles. The van der Waals surface area contributed by atoms with Crippen LogP contribution in [0.4, 0.5) is 0 Å². The highest BCUT2D eigenvalue weighted by Gasteiger charge is 2.22. The molecule has 20 heavy (non-hydrogen) atoms. The first-order valence-electron chi connectivity index (χ1n) is 7.73. The van der Waals surface area contributed by atoms with Gasteiger partial charge in [0.05, 0.1) is 18.8 Å². The van der Waals surface area contributed by atoms with Crippen molar-refractivity contribution in [3.63, 3.8) is 0 Å². The third-order valence-corrected chi connectivity index (χ3v) is 5.22. The fourth-order valence-corrected chi connectivity index (χ4v) is 3.53. The van der Waals surface area contributed by atoms with E-state index in [-0.39, 0.29) is 0 Å². The van der Waals surface area contributed by atoms with Crippen molar-refractivity contribution in [2.24, 2.45) is 5.92 Å². The monoisotopic (exact) mass is 297 g/mol. The van der Waals surface area contributed by atoms with E-state index in [1.54, 1.807) is 11.3 Å². The van der Waals surface area contributed by atoms with Gasteiger partial charge in [0.25, 0.3) is 0 Å². The minimum absolute atomic E-state index is 0.290. The second-order valence-electron chi connectivity index (χ2n) is 5.93. The van der Waals surface area contributed by atoms with Crippen molar-refractivity contribution in [2.45, 2.75) is 57.8 Å². The predicted molar refractivity (Wildman–Crippen MR) is 84.1 cm³/mol. The van der Waals surface area contributed by atoms with Crippen molar-refractivity contribution in [3.05, 3.63) is 22.4 Å². The maximum atomic E-state index is 10.0. The number of hydrogen-bond acceptors (Lipinski definition) is 4. The summed E-state index contributed by atoms with van der Waals surface area (Å²) in [6, 6.07) is 4.47. The highest BCUT2D eigenvalue weighted by molar-refractivity contribution is 7.10. The van der Waals surface area contributed by atoms with Gasteiger partial charge in [-0.1, -0.05) is 25.8 Å². The number of hydrogen-bond donors (Lipinski definition) is 2. The summed E-state index contributed by atoms with van der Waals surface area (Å²) >= 11 is 1.74. The van der Waals surface area contributed by atoms with Gasteiger partial charge in [0.2, 0.25) is 0 Å². The molecule has 1 aliphatic rings. The molecule has 1 aliphatic carbocycles. The fourth-order valence-electron chi connectivity index (χ4n) is 2.77. The van der Waals surface area contributed by atoms with Crippen LogP contribution in [0.2, 0.25) is 0 Å². The van der Waals surface area contributed by atoms with E-state index in [1.807, 2.05) is 0 Å². The smallest absolute Gasteiger partial charge is 0.0898 e. The molecule has 4 heteroatoms. The summed E-state index contributed by atoms with van der Waals surface area (Å²) in [5.41, 5.74) is 0. The van der Waals surface area contributed by atoms with Gasteiger partial charge in [0.15, 0.2) is 0 Å². The van der Waals surface area contributed by atoms with E-state index in [2.05, 4.69) is 36.7 Å². The lowest BCUT2D eigenvalue weighted by atomic mass is 9.88. The molecule has 2 N–H and O–H groups in total. The van der Waals surface area contributed by atoms with E-state index < -0.39 is 6.10 Å². The van der Waals surface area contributed by atoms with Gasteiger partial charge in [0.1, 0.15) is 0 Å². The topological polar surface area (TPSA) is 41.5 Å². The van der Waals surface area contributed by atoms with Gasteiger partial charge in [-0.3, -0.25) is 0 Å². The van der Waals surface area contributed by atoms with Crippen LogP contribution in [0, 0.1) is 5.92 Å². The molecular weight excluding hydrogens is 270 g/mol. The standard InChI is InChI=1S/C16H27NO2S/c1-12-6-3-4-7-15(12)19-11-14(18)10-17-13(2)16-8-5-9-20-16/h5,8-9,12-15,17-18H,3-4,6-7,10-11H2,1-2H3. The summed E-state index contributed by atoms with van der Waals surface area (Å²) < 4.78 is 5.89. The van der Waals surface area contributed by atoms with Gasteiger partial charge in [-0.25, -0.2) is 0 Å². The van der Waals surface area contributed by atoms with E-state index in [4.69, 9.17) is 4.74 Å². The van der Waals surface area contributed by atoms with Crippen LogP contribution < -0.4 is 5.32 Å². The Morgan fingerprint density at radius 2 is 2.25 bits per heavy atom. The second kappa shape index (κ2) is 8.13. The number of nitrogens with one attached hydrogen (secondary N) is 1. The predicted octanol–water partition coefficient (Wildman–Crippen LogP) is 3.35. The average molecular weight is 297 g/mol. The van der Waals surface area contributed by atoms with Crippen molar-refractivity contribution in [1.82, 2.24) is 5.32 Å². The molecule has 0 amide bonds. The molecule has 0 bridgehead atoms. The van der Waals surface area contributed by atoms with E-state index >= 15 is 0 Å². The molecule has 0 spiro atoms. The number of rotatable bonds is 7. The van der Waals surface area contributed by atoms with Crippen molar-refractivity contribution in [3.8, 4) is 0 Å². The van der Waals surface area contributed by atoms with Crippen LogP contribution in [0.3, 0.4) is 0 Å². The summed E-state index contributed by atoms with van der Waals surface area (Å²) in [5, 5.41) is 15.5. The molecule has 1 fully saturated rings. The molecule has 4 atom stereocenters. The summed E-state index contributed by atoms with van der Waals surface area (Å²) in [4.78, 5) is 1.30. The zero-order valence-electron chi connectivity index (χ0n) is 12.5. The summed E-state index contributed by atoms with van der Waals surface area (Å²) in [6.45, 7) is 5.41. The molecule has 0 aliphatic heterocycles. The normalized spacial score (nSPS) is 26.4. The zero-order valence-corrected chi connectivity index (χ0v) is 13.4. The van der Waals surface area contributed by atoms with Gasteiger partial charge < -0.3 is 15.2 Å². The molecule has 0 saturated heterocycles. The number of aliphatic hydroxyl groups is 1. The Bertz CT molecular complexity index is 369. The van der Waals surface area contributed by atoms with Crippen LogP contribution >= 0.6 is 11.3 Å². The SMILES string of the molecule is CC(NCC(O)COC1CCCCC1C)c1cccs1. The van der Waals surface area contributed by atoms with E-state index in [0.717, 1.165) is 6.42 Å². The van der Waals surface area contributed by atoms with E-state index in [0.29, 0.717) is 31.2 Å². The Labute approximate surface area is 126 Å². The molecule has 1 saturated carbocycles. The van der Waals surface area contributed by atoms with Gasteiger partial charge in [-0.2, -0.15) is 0 Å². The van der Waals surface area contributed by atoms with Crippen LogP contribution in [-0.2, 0) is 4.74 Å². The Kier molecular flexibility index (Phi) is 6.49. The fraction of sp³-hybridized carbons (Fsp3) is 0.750. The van der Waals surface area contributed by atoms with Crippen molar-refractivity contribution in [2.75, 3.05) is 13.2 Å². The van der Waals surface area contributed by atoms with Crippen molar-refractivity contribution >= 4 is 11.3 Å². The number of ether oxygens (including phenoxy) is 1. The summed E-state index contributed by atoms with van der Waals surface area (Å²) in [6.07, 6.45) is 4.91. The lowest BCUT2D eigenvalue weighted by molar-refractivity contribution is -0.0455. The van der Waals surface area contributed by atoms with E-state index in [1.165, 1.54) is 24.1 Å². The van der Waals surface area contributed by atoms with Gasteiger partial charge >= 0.3 is 0 Å². The first-order chi connectivity index (χ1) is 9.66. The largest absolute Gasteiger partial charge is 0.389 e. The van der Waals surface area contributed by atoms with E-state index in [9.17, 15) is 5.11 Å². The zero-order chi connectivity index (χ0) is 14.4. The highest BCUT2D eigenvalue weighted by atomic mass is 32.1. The third kappa shape index (κ3) is 4.85. The molecular formula is C16H27NO2S. The minimum Gasteiger partial charge on any atom is -0.389 e. The first kappa shape index (κ1) is 16.0. The average Bonchev–Trinajstić information content (AvgIpc) is 2.98. The molecule has 2 rings (SSSR count). The first-order valence-corrected chi connectivity index (χ1v) is 8.61. The Hall–Kier alpha value is -0.420. The third-order valence-electron chi connectivity index (χ3n) is 4.17. The maximum Gasteiger partial charge on any atom is 0.0898 e.